The fourth-order valence-corrected chi connectivity index (χ4v) is 9.95. The highest BCUT2D eigenvalue weighted by atomic mass is 31.2. The van der Waals surface area contributed by atoms with Crippen LogP contribution >= 0.6 is 7.82 Å². The molecule has 2 unspecified atom stereocenters. The molecule has 530 valence electrons. The largest absolute Gasteiger partial charge is 0.472 e. The molecular weight excluding hydrogens is 1190 g/mol. The van der Waals surface area contributed by atoms with Crippen molar-refractivity contribution in [3.05, 3.63) is 231 Å². The van der Waals surface area contributed by atoms with E-state index in [1.54, 1.807) is 0 Å². The van der Waals surface area contributed by atoms with Crippen LogP contribution in [0, 0.1) is 0 Å². The van der Waals surface area contributed by atoms with E-state index in [1.165, 1.54) is 38.5 Å². The summed E-state index contributed by atoms with van der Waals surface area (Å²) < 4.78 is 33.2. The molecule has 0 aromatic heterocycles. The van der Waals surface area contributed by atoms with Gasteiger partial charge >= 0.3 is 19.8 Å². The number of carbonyl (C=O) groups excluding carboxylic acids is 2. The van der Waals surface area contributed by atoms with E-state index >= 15 is 0 Å². The van der Waals surface area contributed by atoms with Crippen LogP contribution in [0.2, 0.25) is 0 Å². The second kappa shape index (κ2) is 77.1. The number of carbonyl (C=O) groups is 2. The van der Waals surface area contributed by atoms with Crippen LogP contribution in [-0.2, 0) is 32.7 Å². The Kier molecular flexibility index (Phi) is 72.3. The number of phosphoric ester groups is 1. The molecule has 0 aliphatic heterocycles. The lowest BCUT2D eigenvalue weighted by Gasteiger charge is -2.19. The minimum Gasteiger partial charge on any atom is -0.462 e. The first-order chi connectivity index (χ1) is 46.8. The molecule has 0 rings (SSSR count). The minimum atomic E-state index is -4.42. The topological polar surface area (TPSA) is 134 Å². The molecule has 0 saturated carbocycles. The molecule has 95 heavy (non-hydrogen) atoms. The first-order valence-corrected chi connectivity index (χ1v) is 38.4. The van der Waals surface area contributed by atoms with Crippen LogP contribution < -0.4 is 5.73 Å². The van der Waals surface area contributed by atoms with Crippen molar-refractivity contribution in [3.63, 3.8) is 0 Å². The Morgan fingerprint density at radius 2 is 0.547 bits per heavy atom. The molecule has 0 radical (unpaired) electrons. The summed E-state index contributed by atoms with van der Waals surface area (Å²) in [5, 5.41) is 0. The molecule has 3 N–H and O–H groups in total. The number of esters is 2. The summed E-state index contributed by atoms with van der Waals surface area (Å²) in [7, 11) is -4.42. The Labute approximate surface area is 581 Å². The minimum absolute atomic E-state index is 0.0372. The highest BCUT2D eigenvalue weighted by Gasteiger charge is 2.26. The van der Waals surface area contributed by atoms with Gasteiger partial charge in [0.25, 0.3) is 0 Å². The van der Waals surface area contributed by atoms with Crippen LogP contribution in [-0.4, -0.2) is 49.3 Å². The van der Waals surface area contributed by atoms with Gasteiger partial charge < -0.3 is 20.1 Å². The zero-order valence-electron chi connectivity index (χ0n) is 59.5. The third-order valence-electron chi connectivity index (χ3n) is 14.5. The second-order valence-electron chi connectivity index (χ2n) is 23.3. The Morgan fingerprint density at radius 1 is 0.316 bits per heavy atom. The predicted octanol–water partition coefficient (Wildman–Crippen LogP) is 25.0. The van der Waals surface area contributed by atoms with Gasteiger partial charge in [-0.1, -0.05) is 315 Å². The van der Waals surface area contributed by atoms with Gasteiger partial charge in [-0.3, -0.25) is 18.6 Å². The summed E-state index contributed by atoms with van der Waals surface area (Å²) in [6.45, 7) is 3.46. The zero-order chi connectivity index (χ0) is 68.6. The van der Waals surface area contributed by atoms with E-state index in [1.807, 2.05) is 0 Å². The number of nitrogens with two attached hydrogens (primary N) is 1. The van der Waals surface area contributed by atoms with E-state index in [9.17, 15) is 19.0 Å². The van der Waals surface area contributed by atoms with E-state index in [0.717, 1.165) is 180 Å². The number of rotatable bonds is 66. The quantitative estimate of drug-likeness (QED) is 0.0264. The zero-order valence-corrected chi connectivity index (χ0v) is 60.4. The van der Waals surface area contributed by atoms with Gasteiger partial charge in [-0.15, -0.1) is 0 Å². The van der Waals surface area contributed by atoms with Crippen LogP contribution in [0.4, 0.5) is 0 Å². The first-order valence-electron chi connectivity index (χ1n) is 36.9. The van der Waals surface area contributed by atoms with Gasteiger partial charge in [-0.2, -0.15) is 0 Å². The SMILES string of the molecule is CC/C=C\C/C=C\C/C=C\C/C=C\C/C=C\C/C=C\C/C=C\C/C=C\C/C=C\C/C=C\C/C=C\CCCCCCCC(=O)OC(COC(=O)CCCCCCCCCCCC/C=C\C/C=C\C/C=C\C/C=C\C/C=C\C/C=C\C/C=C\C/C=C\CC)COP(=O)(O)OCCN. The Morgan fingerprint density at radius 3 is 0.811 bits per heavy atom. The maximum Gasteiger partial charge on any atom is 0.472 e. The molecule has 0 aliphatic carbocycles. The molecule has 0 fully saturated rings. The van der Waals surface area contributed by atoms with E-state index < -0.39 is 32.5 Å². The number of hydrogen-bond acceptors (Lipinski definition) is 8. The van der Waals surface area contributed by atoms with Crippen LogP contribution in [0.25, 0.3) is 0 Å². The summed E-state index contributed by atoms with van der Waals surface area (Å²) in [4.78, 5) is 35.4. The van der Waals surface area contributed by atoms with Crippen molar-refractivity contribution in [3.8, 4) is 0 Å². The van der Waals surface area contributed by atoms with Gasteiger partial charge in [0.2, 0.25) is 0 Å². The van der Waals surface area contributed by atoms with Crippen molar-refractivity contribution in [1.82, 2.24) is 0 Å². The van der Waals surface area contributed by atoms with Crippen molar-refractivity contribution in [1.29, 1.82) is 0 Å². The van der Waals surface area contributed by atoms with Crippen molar-refractivity contribution < 1.29 is 37.6 Å². The third-order valence-corrected chi connectivity index (χ3v) is 15.5. The smallest absolute Gasteiger partial charge is 0.462 e. The number of allylic oxidation sites excluding steroid dienone is 38. The average molecular weight is 1330 g/mol. The lowest BCUT2D eigenvalue weighted by molar-refractivity contribution is -0.161. The van der Waals surface area contributed by atoms with Gasteiger partial charge in [0.15, 0.2) is 6.10 Å². The standard InChI is InChI=1S/C85H132NO8P/c1-3-5-7-9-11-13-15-17-19-21-23-25-27-29-31-33-35-37-39-40-41-42-44-46-48-50-52-54-56-58-60-62-64-66-68-70-72-74-76-78-85(88)94-83(82-93-95(89,90)92-80-79-86)81-91-84(87)77-75-73-71-69-67-65-63-61-59-57-55-53-51-49-47-45-43-38-36-34-32-30-28-26-24-22-20-18-16-14-12-10-8-6-4-2/h5-8,11-14,17-20,23-26,29-32,35-38,40-41,44-47,50-53,56,58,62,64,83H,3-4,9-10,15-16,21-22,27-28,33-34,39,42-43,48-49,54-55,57,59-61,63,65-82,86H2,1-2H3,(H,89,90)/b7-5-,8-6-,13-11-,14-12-,19-17-,20-18-,25-23-,26-24-,31-29-,32-30-,37-35-,38-36-,41-40-,46-44-,47-45-,52-50-,53-51-,58-56-,64-62-. The maximum atomic E-state index is 12.8. The maximum absolute atomic E-state index is 12.8. The average Bonchev–Trinajstić information content (AvgIpc) is 3.16. The first kappa shape index (κ1) is 89.1. The molecular formula is C85H132NO8P. The van der Waals surface area contributed by atoms with E-state index in [4.69, 9.17) is 24.3 Å². The second-order valence-corrected chi connectivity index (χ2v) is 24.8. The van der Waals surface area contributed by atoms with Gasteiger partial charge in [-0.05, 0) is 161 Å². The molecule has 0 aliphatic rings. The van der Waals surface area contributed by atoms with Crippen LogP contribution in [0.3, 0.4) is 0 Å². The summed E-state index contributed by atoms with van der Waals surface area (Å²) in [6.07, 6.45) is 121. The van der Waals surface area contributed by atoms with Crippen LogP contribution in [0.5, 0.6) is 0 Å². The van der Waals surface area contributed by atoms with E-state index in [-0.39, 0.29) is 32.6 Å². The molecule has 0 bridgehead atoms. The molecule has 0 aromatic carbocycles. The van der Waals surface area contributed by atoms with Crippen molar-refractivity contribution in [2.75, 3.05) is 26.4 Å². The Hall–Kier alpha value is -5.93. The van der Waals surface area contributed by atoms with Crippen LogP contribution in [0.15, 0.2) is 231 Å². The Bertz CT molecular complexity index is 2410. The van der Waals surface area contributed by atoms with Gasteiger partial charge in [0.05, 0.1) is 13.2 Å². The molecule has 0 amide bonds. The highest BCUT2D eigenvalue weighted by Crippen LogP contribution is 2.43. The lowest BCUT2D eigenvalue weighted by Crippen LogP contribution is -2.29. The van der Waals surface area contributed by atoms with Crippen molar-refractivity contribution >= 4 is 19.8 Å². The number of ether oxygens (including phenoxy) is 2. The fourth-order valence-electron chi connectivity index (χ4n) is 9.19. The Balaban J connectivity index is 4.04. The van der Waals surface area contributed by atoms with Gasteiger partial charge in [0.1, 0.15) is 6.61 Å². The predicted molar refractivity (Wildman–Crippen MR) is 412 cm³/mol. The molecule has 10 heteroatoms. The van der Waals surface area contributed by atoms with Gasteiger partial charge in [-0.25, -0.2) is 4.57 Å². The highest BCUT2D eigenvalue weighted by molar-refractivity contribution is 7.47. The molecule has 0 saturated heterocycles. The molecule has 0 heterocycles. The van der Waals surface area contributed by atoms with Crippen LogP contribution in [0.1, 0.15) is 258 Å². The third kappa shape index (κ3) is 77.0. The summed E-state index contributed by atoms with van der Waals surface area (Å²) in [5.41, 5.74) is 5.40. The van der Waals surface area contributed by atoms with Crippen molar-refractivity contribution in [2.45, 2.75) is 264 Å². The number of unbranched alkanes of at least 4 members (excludes halogenated alkanes) is 15. The molecule has 0 spiro atoms. The summed E-state index contributed by atoms with van der Waals surface area (Å²) in [5.74, 6) is -0.871. The summed E-state index contributed by atoms with van der Waals surface area (Å²) in [6, 6.07) is 0. The van der Waals surface area contributed by atoms with E-state index in [2.05, 4.69) is 245 Å². The summed E-state index contributed by atoms with van der Waals surface area (Å²) >= 11 is 0. The van der Waals surface area contributed by atoms with Crippen molar-refractivity contribution in [2.24, 2.45) is 5.73 Å². The normalized spacial score (nSPS) is 14.3. The monoisotopic (exact) mass is 1330 g/mol. The molecule has 9 nitrogen and oxygen atoms in total. The number of phosphoric acid groups is 1. The number of hydrogen-bond donors (Lipinski definition) is 2. The fraction of sp³-hybridized carbons (Fsp3) is 0.529. The molecule has 2 atom stereocenters. The molecule has 0 aromatic rings. The van der Waals surface area contributed by atoms with Gasteiger partial charge in [0, 0.05) is 19.4 Å². The van der Waals surface area contributed by atoms with E-state index in [0.29, 0.717) is 12.8 Å². The lowest BCUT2D eigenvalue weighted by atomic mass is 10.1.